The molecule has 2 aromatic rings. The van der Waals surface area contributed by atoms with E-state index in [1.54, 1.807) is 12.1 Å². The summed E-state index contributed by atoms with van der Waals surface area (Å²) in [4.78, 5) is 12.0. The van der Waals surface area contributed by atoms with Crippen LogP contribution in [0, 0.1) is 6.92 Å². The first kappa shape index (κ1) is 19.1. The average Bonchev–Trinajstić information content (AvgIpc) is 2.49. The number of hydrogen-bond acceptors (Lipinski definition) is 3. The molecule has 0 aliphatic heterocycles. The zero-order chi connectivity index (χ0) is 17.9. The molecule has 1 amide bonds. The third-order valence-corrected chi connectivity index (χ3v) is 5.82. The number of amides is 1. The Morgan fingerprint density at radius 3 is 2.21 bits per heavy atom. The molecule has 24 heavy (non-hydrogen) atoms. The zero-order valence-electron chi connectivity index (χ0n) is 12.6. The van der Waals surface area contributed by atoms with Crippen molar-refractivity contribution in [1.29, 1.82) is 0 Å². The second-order valence-electron chi connectivity index (χ2n) is 5.27. The molecule has 0 fully saturated rings. The monoisotopic (exact) mass is 405 g/mol. The molecule has 1 N–H and O–H groups in total. The second kappa shape index (κ2) is 7.74. The van der Waals surface area contributed by atoms with Crippen LogP contribution in [0.5, 0.6) is 0 Å². The average molecular weight is 407 g/mol. The van der Waals surface area contributed by atoms with Crippen molar-refractivity contribution >= 4 is 56.2 Å². The Hall–Kier alpha value is -1.27. The molecule has 0 saturated carbocycles. The molecule has 128 valence electrons. The smallest absolute Gasteiger partial charge is 0.239 e. The second-order valence-corrected chi connectivity index (χ2v) is 8.53. The molecule has 0 heterocycles. The van der Waals surface area contributed by atoms with E-state index in [2.05, 4.69) is 5.32 Å². The maximum atomic E-state index is 12.2. The summed E-state index contributed by atoms with van der Waals surface area (Å²) in [6.45, 7) is 1.91. The number of benzene rings is 2. The lowest BCUT2D eigenvalue weighted by Gasteiger charge is -2.10. The summed E-state index contributed by atoms with van der Waals surface area (Å²) in [5.41, 5.74) is 1.75. The van der Waals surface area contributed by atoms with Gasteiger partial charge >= 0.3 is 0 Å². The number of halogens is 3. The Morgan fingerprint density at radius 1 is 1.00 bits per heavy atom. The number of sulfone groups is 1. The summed E-state index contributed by atoms with van der Waals surface area (Å²) in [5, 5.41) is 3.01. The van der Waals surface area contributed by atoms with E-state index < -0.39 is 27.3 Å². The van der Waals surface area contributed by atoms with E-state index in [9.17, 15) is 13.2 Å². The lowest BCUT2D eigenvalue weighted by molar-refractivity contribution is -0.113. The summed E-state index contributed by atoms with van der Waals surface area (Å²) in [7, 11) is -3.76. The maximum Gasteiger partial charge on any atom is 0.239 e. The van der Waals surface area contributed by atoms with Crippen molar-refractivity contribution in [3.63, 3.8) is 0 Å². The van der Waals surface area contributed by atoms with Crippen molar-refractivity contribution in [3.8, 4) is 0 Å². The van der Waals surface area contributed by atoms with Gasteiger partial charge in [-0.05, 0) is 31.2 Å². The van der Waals surface area contributed by atoms with Crippen molar-refractivity contribution in [2.75, 3.05) is 11.1 Å². The molecule has 0 atom stereocenters. The highest BCUT2D eigenvalue weighted by Gasteiger charge is 2.21. The zero-order valence-corrected chi connectivity index (χ0v) is 15.7. The Labute approximate surface area is 155 Å². The van der Waals surface area contributed by atoms with Gasteiger partial charge in [0.1, 0.15) is 5.75 Å². The highest BCUT2D eigenvalue weighted by Crippen LogP contribution is 2.32. The standard InChI is InChI=1S/C16H14Cl3NO3S/c1-10-2-4-11(5-3-10)20-15(21)9-24(22,23)8-12-13(17)6-7-14(18)16(12)19/h2-7H,8-9H2,1H3,(H,20,21). The van der Waals surface area contributed by atoms with Gasteiger partial charge in [-0.3, -0.25) is 4.79 Å². The molecule has 8 heteroatoms. The van der Waals surface area contributed by atoms with Gasteiger partial charge in [0, 0.05) is 16.3 Å². The minimum Gasteiger partial charge on any atom is -0.325 e. The number of nitrogens with one attached hydrogen (secondary N) is 1. The lowest BCUT2D eigenvalue weighted by atomic mass is 10.2. The van der Waals surface area contributed by atoms with E-state index in [-0.39, 0.29) is 20.6 Å². The summed E-state index contributed by atoms with van der Waals surface area (Å²) in [5.74, 6) is -1.78. The fourth-order valence-electron chi connectivity index (χ4n) is 2.01. The van der Waals surface area contributed by atoms with Crippen molar-refractivity contribution in [2.24, 2.45) is 0 Å². The number of hydrogen-bond donors (Lipinski definition) is 1. The molecule has 2 aromatic carbocycles. The molecule has 4 nitrogen and oxygen atoms in total. The first-order valence-corrected chi connectivity index (χ1v) is 9.83. The van der Waals surface area contributed by atoms with Gasteiger partial charge in [0.05, 0.1) is 15.8 Å². The Bertz CT molecular complexity index is 865. The van der Waals surface area contributed by atoms with Crippen molar-refractivity contribution in [2.45, 2.75) is 12.7 Å². The molecular formula is C16H14Cl3NO3S. The molecule has 0 aliphatic carbocycles. The van der Waals surface area contributed by atoms with Crippen LogP contribution in [0.3, 0.4) is 0 Å². The first-order valence-electron chi connectivity index (χ1n) is 6.87. The van der Waals surface area contributed by atoms with Crippen molar-refractivity contribution in [1.82, 2.24) is 0 Å². The van der Waals surface area contributed by atoms with Crippen LogP contribution < -0.4 is 5.32 Å². The summed E-state index contributed by atoms with van der Waals surface area (Å²) in [6.07, 6.45) is 0. The van der Waals surface area contributed by atoms with E-state index in [1.807, 2.05) is 19.1 Å². The third-order valence-electron chi connectivity index (χ3n) is 3.19. The number of anilines is 1. The predicted molar refractivity (Wildman–Crippen MR) is 98.8 cm³/mol. The molecule has 0 bridgehead atoms. The van der Waals surface area contributed by atoms with Gasteiger partial charge in [0.25, 0.3) is 0 Å². The highest BCUT2D eigenvalue weighted by molar-refractivity contribution is 7.91. The molecule has 0 spiro atoms. The van der Waals surface area contributed by atoms with Crippen LogP contribution in [0.2, 0.25) is 15.1 Å². The number of aryl methyl sites for hydroxylation is 1. The summed E-state index contributed by atoms with van der Waals surface area (Å²) in [6, 6.07) is 9.97. The first-order chi connectivity index (χ1) is 11.2. The van der Waals surface area contributed by atoms with Gasteiger partial charge in [-0.2, -0.15) is 0 Å². The SMILES string of the molecule is Cc1ccc(NC(=O)CS(=O)(=O)Cc2c(Cl)ccc(Cl)c2Cl)cc1. The Morgan fingerprint density at radius 2 is 1.58 bits per heavy atom. The summed E-state index contributed by atoms with van der Waals surface area (Å²) < 4.78 is 24.5. The Kier molecular flexibility index (Phi) is 6.15. The Balaban J connectivity index is 2.10. The molecule has 0 radical (unpaired) electrons. The minimum absolute atomic E-state index is 0.0756. The molecule has 2 rings (SSSR count). The van der Waals surface area contributed by atoms with Gasteiger partial charge in [-0.1, -0.05) is 52.5 Å². The number of carbonyl (C=O) groups is 1. The van der Waals surface area contributed by atoms with Crippen LogP contribution in [0.1, 0.15) is 11.1 Å². The van der Waals surface area contributed by atoms with Crippen LogP contribution in [0.25, 0.3) is 0 Å². The van der Waals surface area contributed by atoms with Crippen molar-refractivity contribution in [3.05, 3.63) is 62.6 Å². The van der Waals surface area contributed by atoms with E-state index in [0.29, 0.717) is 5.69 Å². The van der Waals surface area contributed by atoms with Gasteiger partial charge in [-0.25, -0.2) is 8.42 Å². The normalized spacial score (nSPS) is 11.3. The number of carbonyl (C=O) groups excluding carboxylic acids is 1. The topological polar surface area (TPSA) is 63.2 Å². The predicted octanol–water partition coefficient (Wildman–Crippen LogP) is 4.51. The highest BCUT2D eigenvalue weighted by atomic mass is 35.5. The van der Waals surface area contributed by atoms with Gasteiger partial charge in [0.2, 0.25) is 5.91 Å². The van der Waals surface area contributed by atoms with E-state index in [0.717, 1.165) is 5.56 Å². The molecular weight excluding hydrogens is 393 g/mol. The quantitative estimate of drug-likeness (QED) is 0.743. The van der Waals surface area contributed by atoms with Gasteiger partial charge < -0.3 is 5.32 Å². The van der Waals surface area contributed by atoms with Gasteiger partial charge in [0.15, 0.2) is 9.84 Å². The molecule has 0 unspecified atom stereocenters. The van der Waals surface area contributed by atoms with E-state index in [4.69, 9.17) is 34.8 Å². The lowest BCUT2D eigenvalue weighted by Crippen LogP contribution is -2.24. The maximum absolute atomic E-state index is 12.2. The van der Waals surface area contributed by atoms with E-state index in [1.165, 1.54) is 12.1 Å². The van der Waals surface area contributed by atoms with Gasteiger partial charge in [-0.15, -0.1) is 0 Å². The molecule has 0 aromatic heterocycles. The fraction of sp³-hybridized carbons (Fsp3) is 0.188. The fourth-order valence-corrected chi connectivity index (χ4v) is 4.16. The van der Waals surface area contributed by atoms with Crippen molar-refractivity contribution < 1.29 is 13.2 Å². The van der Waals surface area contributed by atoms with Crippen LogP contribution in [0.15, 0.2) is 36.4 Å². The molecule has 0 saturated heterocycles. The third kappa shape index (κ3) is 5.11. The van der Waals surface area contributed by atoms with Crippen LogP contribution in [-0.2, 0) is 20.4 Å². The molecule has 0 aliphatic rings. The van der Waals surface area contributed by atoms with Crippen LogP contribution in [-0.4, -0.2) is 20.1 Å². The largest absolute Gasteiger partial charge is 0.325 e. The minimum atomic E-state index is -3.76. The van der Waals surface area contributed by atoms with E-state index >= 15 is 0 Å². The number of rotatable bonds is 5. The summed E-state index contributed by atoms with van der Waals surface area (Å²) >= 11 is 17.9. The van der Waals surface area contributed by atoms with Crippen LogP contribution in [0.4, 0.5) is 5.69 Å². The van der Waals surface area contributed by atoms with Crippen LogP contribution >= 0.6 is 34.8 Å².